The number of hydrogen-bond donors (Lipinski definition) is 1. The highest BCUT2D eigenvalue weighted by Crippen LogP contribution is 2.38. The second-order valence-corrected chi connectivity index (χ2v) is 3.79. The molecule has 0 aromatic heterocycles. The standard InChI is InChI=1S/C11H18O/c1-4-10-7-5-6-8-11(10,12)9(2)3/h4,10,12H,1-2,5-8H2,3H3/t10-,11+/m1/s1. The molecule has 1 fully saturated rings. The van der Waals surface area contributed by atoms with Gasteiger partial charge in [-0.05, 0) is 25.3 Å². The Hall–Kier alpha value is -0.560. The zero-order valence-corrected chi connectivity index (χ0v) is 7.84. The van der Waals surface area contributed by atoms with Crippen LogP contribution in [-0.4, -0.2) is 10.7 Å². The summed E-state index contributed by atoms with van der Waals surface area (Å²) < 4.78 is 0. The molecular formula is C11H18O. The lowest BCUT2D eigenvalue weighted by Crippen LogP contribution is -2.40. The van der Waals surface area contributed by atoms with Gasteiger partial charge in [0.2, 0.25) is 0 Å². The van der Waals surface area contributed by atoms with Gasteiger partial charge in [-0.3, -0.25) is 0 Å². The van der Waals surface area contributed by atoms with Crippen LogP contribution in [0.15, 0.2) is 24.8 Å². The molecule has 1 heteroatoms. The van der Waals surface area contributed by atoms with E-state index in [1.807, 2.05) is 13.0 Å². The highest BCUT2D eigenvalue weighted by atomic mass is 16.3. The first-order valence-corrected chi connectivity index (χ1v) is 4.62. The van der Waals surface area contributed by atoms with Crippen molar-refractivity contribution in [1.82, 2.24) is 0 Å². The summed E-state index contributed by atoms with van der Waals surface area (Å²) in [6.07, 6.45) is 6.07. The predicted molar refractivity (Wildman–Crippen MR) is 51.9 cm³/mol. The van der Waals surface area contributed by atoms with E-state index in [1.54, 1.807) is 0 Å². The average Bonchev–Trinajstić information content (AvgIpc) is 2.05. The van der Waals surface area contributed by atoms with Gasteiger partial charge in [0.1, 0.15) is 0 Å². The van der Waals surface area contributed by atoms with Crippen molar-refractivity contribution in [2.24, 2.45) is 5.92 Å². The number of rotatable bonds is 2. The van der Waals surface area contributed by atoms with Gasteiger partial charge in [0.15, 0.2) is 0 Å². The molecule has 1 N–H and O–H groups in total. The smallest absolute Gasteiger partial charge is 0.0913 e. The molecule has 1 aliphatic rings. The lowest BCUT2D eigenvalue weighted by Gasteiger charge is -2.39. The van der Waals surface area contributed by atoms with Gasteiger partial charge in [0.05, 0.1) is 5.60 Å². The van der Waals surface area contributed by atoms with Gasteiger partial charge in [-0.1, -0.05) is 25.5 Å². The molecule has 1 saturated carbocycles. The van der Waals surface area contributed by atoms with Gasteiger partial charge < -0.3 is 5.11 Å². The molecule has 2 atom stereocenters. The topological polar surface area (TPSA) is 20.2 Å². The third kappa shape index (κ3) is 1.46. The van der Waals surface area contributed by atoms with Gasteiger partial charge in [-0.2, -0.15) is 0 Å². The monoisotopic (exact) mass is 166 g/mol. The molecule has 68 valence electrons. The van der Waals surface area contributed by atoms with E-state index in [9.17, 15) is 5.11 Å². The Balaban J connectivity index is 2.82. The lowest BCUT2D eigenvalue weighted by molar-refractivity contribution is 0.00515. The summed E-state index contributed by atoms with van der Waals surface area (Å²) in [4.78, 5) is 0. The van der Waals surface area contributed by atoms with E-state index < -0.39 is 5.60 Å². The maximum atomic E-state index is 10.2. The van der Waals surface area contributed by atoms with Crippen molar-refractivity contribution >= 4 is 0 Å². The quantitative estimate of drug-likeness (QED) is 0.625. The Morgan fingerprint density at radius 2 is 2.25 bits per heavy atom. The Bertz CT molecular complexity index is 195. The van der Waals surface area contributed by atoms with Crippen molar-refractivity contribution in [2.45, 2.75) is 38.2 Å². The molecule has 0 aromatic rings. The normalized spacial score (nSPS) is 36.0. The second kappa shape index (κ2) is 3.44. The molecule has 0 aliphatic heterocycles. The van der Waals surface area contributed by atoms with Crippen LogP contribution in [0, 0.1) is 5.92 Å². The zero-order valence-electron chi connectivity index (χ0n) is 7.84. The van der Waals surface area contributed by atoms with E-state index in [4.69, 9.17) is 0 Å². The summed E-state index contributed by atoms with van der Waals surface area (Å²) in [5, 5.41) is 10.2. The maximum Gasteiger partial charge on any atom is 0.0913 e. The third-order valence-electron chi connectivity index (χ3n) is 2.96. The van der Waals surface area contributed by atoms with Crippen molar-refractivity contribution in [3.63, 3.8) is 0 Å². The van der Waals surface area contributed by atoms with Crippen LogP contribution in [0.3, 0.4) is 0 Å². The fraction of sp³-hybridized carbons (Fsp3) is 0.636. The van der Waals surface area contributed by atoms with E-state index in [1.165, 1.54) is 6.42 Å². The molecule has 1 rings (SSSR count). The van der Waals surface area contributed by atoms with E-state index in [2.05, 4.69) is 13.2 Å². The summed E-state index contributed by atoms with van der Waals surface area (Å²) in [5.41, 5.74) is 0.215. The maximum absolute atomic E-state index is 10.2. The van der Waals surface area contributed by atoms with Gasteiger partial charge in [-0.25, -0.2) is 0 Å². The minimum absolute atomic E-state index is 0.212. The van der Waals surface area contributed by atoms with Crippen LogP contribution in [-0.2, 0) is 0 Å². The van der Waals surface area contributed by atoms with Crippen LogP contribution in [0.4, 0.5) is 0 Å². The van der Waals surface area contributed by atoms with E-state index in [0.717, 1.165) is 24.8 Å². The SMILES string of the molecule is C=C[C@@H]1CCCC[C@]1(O)C(=C)C. The van der Waals surface area contributed by atoms with Crippen LogP contribution in [0.5, 0.6) is 0 Å². The molecule has 0 aromatic carbocycles. The molecule has 0 heterocycles. The number of hydrogen-bond acceptors (Lipinski definition) is 1. The average molecular weight is 166 g/mol. The van der Waals surface area contributed by atoms with Crippen molar-refractivity contribution in [2.75, 3.05) is 0 Å². The first-order chi connectivity index (χ1) is 5.61. The van der Waals surface area contributed by atoms with Gasteiger partial charge >= 0.3 is 0 Å². The van der Waals surface area contributed by atoms with Gasteiger partial charge in [0, 0.05) is 5.92 Å². The van der Waals surface area contributed by atoms with E-state index in [-0.39, 0.29) is 5.92 Å². The summed E-state index contributed by atoms with van der Waals surface area (Å²) in [6, 6.07) is 0. The van der Waals surface area contributed by atoms with Crippen molar-refractivity contribution in [3.8, 4) is 0 Å². The zero-order chi connectivity index (χ0) is 9.19. The molecule has 0 spiro atoms. The Kier molecular flexibility index (Phi) is 2.73. The van der Waals surface area contributed by atoms with Crippen LogP contribution < -0.4 is 0 Å². The van der Waals surface area contributed by atoms with Gasteiger partial charge in [0.25, 0.3) is 0 Å². The minimum Gasteiger partial charge on any atom is -0.385 e. The van der Waals surface area contributed by atoms with Gasteiger partial charge in [-0.15, -0.1) is 6.58 Å². The fourth-order valence-corrected chi connectivity index (χ4v) is 2.03. The second-order valence-electron chi connectivity index (χ2n) is 3.79. The number of aliphatic hydroxyl groups is 1. The summed E-state index contributed by atoms with van der Waals surface area (Å²) >= 11 is 0. The minimum atomic E-state index is -0.667. The van der Waals surface area contributed by atoms with Crippen LogP contribution in [0.25, 0.3) is 0 Å². The molecule has 0 saturated heterocycles. The molecule has 0 amide bonds. The molecule has 1 aliphatic carbocycles. The first kappa shape index (κ1) is 9.53. The Morgan fingerprint density at radius 1 is 1.58 bits per heavy atom. The van der Waals surface area contributed by atoms with Crippen molar-refractivity contribution in [3.05, 3.63) is 24.8 Å². The third-order valence-corrected chi connectivity index (χ3v) is 2.96. The fourth-order valence-electron chi connectivity index (χ4n) is 2.03. The van der Waals surface area contributed by atoms with Crippen LogP contribution in [0.1, 0.15) is 32.6 Å². The lowest BCUT2D eigenvalue weighted by atomic mass is 9.72. The summed E-state index contributed by atoms with van der Waals surface area (Å²) in [7, 11) is 0. The highest BCUT2D eigenvalue weighted by molar-refractivity contribution is 5.16. The first-order valence-electron chi connectivity index (χ1n) is 4.62. The molecule has 0 bridgehead atoms. The Labute approximate surface area is 74.8 Å². The molecule has 0 unspecified atom stereocenters. The van der Waals surface area contributed by atoms with E-state index in [0.29, 0.717) is 0 Å². The summed E-state index contributed by atoms with van der Waals surface area (Å²) in [6.45, 7) is 9.52. The van der Waals surface area contributed by atoms with Crippen LogP contribution >= 0.6 is 0 Å². The summed E-state index contributed by atoms with van der Waals surface area (Å²) in [5.74, 6) is 0.212. The Morgan fingerprint density at radius 3 is 2.67 bits per heavy atom. The van der Waals surface area contributed by atoms with Crippen molar-refractivity contribution in [1.29, 1.82) is 0 Å². The molecular weight excluding hydrogens is 148 g/mol. The highest BCUT2D eigenvalue weighted by Gasteiger charge is 2.37. The van der Waals surface area contributed by atoms with Crippen molar-refractivity contribution < 1.29 is 5.11 Å². The van der Waals surface area contributed by atoms with Crippen LogP contribution in [0.2, 0.25) is 0 Å². The molecule has 12 heavy (non-hydrogen) atoms. The molecule has 1 nitrogen and oxygen atoms in total. The molecule has 0 radical (unpaired) electrons. The largest absolute Gasteiger partial charge is 0.385 e. The van der Waals surface area contributed by atoms with E-state index >= 15 is 0 Å². The predicted octanol–water partition coefficient (Wildman–Crippen LogP) is 2.67.